The number of carbonyl (C=O) groups is 2. The molecule has 0 unspecified atom stereocenters. The number of ketones is 2. The van der Waals surface area contributed by atoms with Gasteiger partial charge >= 0.3 is 0 Å². The molecule has 0 bridgehead atoms. The van der Waals surface area contributed by atoms with Gasteiger partial charge in [0, 0.05) is 37.3 Å². The fourth-order valence-corrected chi connectivity index (χ4v) is 4.54. The number of aryl methyl sites for hydroxylation is 2. The Morgan fingerprint density at radius 3 is 1.68 bits per heavy atom. The minimum Gasteiger partial charge on any atom is -0.293 e. The molecule has 0 saturated carbocycles. The van der Waals surface area contributed by atoms with Gasteiger partial charge in [0.25, 0.3) is 0 Å². The summed E-state index contributed by atoms with van der Waals surface area (Å²) in [5, 5.41) is 2.03. The molecule has 0 radical (unpaired) electrons. The van der Waals surface area contributed by atoms with Gasteiger partial charge in [-0.15, -0.1) is 51.1 Å². The van der Waals surface area contributed by atoms with Crippen molar-refractivity contribution in [2.75, 3.05) is 39.3 Å². The zero-order valence-corrected chi connectivity index (χ0v) is 21.3. The number of halogens is 2. The quantitative estimate of drug-likeness (QED) is 0.253. The molecule has 0 amide bonds. The number of Topliss-reactive ketones (excluding diaryl/α,β-unsaturated/α-hetero) is 2. The van der Waals surface area contributed by atoms with Gasteiger partial charge < -0.3 is 0 Å². The lowest BCUT2D eigenvalue weighted by Crippen LogP contribution is -2.31. The molecule has 34 heavy (non-hydrogen) atoms. The van der Waals surface area contributed by atoms with E-state index in [9.17, 15) is 9.59 Å². The first-order valence-electron chi connectivity index (χ1n) is 11.1. The molecule has 0 N–H and O–H groups in total. The molecule has 2 aromatic rings. The van der Waals surface area contributed by atoms with Crippen LogP contribution in [0.3, 0.4) is 0 Å². The molecular formula is C28H34Cl2N2O2. The smallest absolute Gasteiger partial charge is 0.177 e. The van der Waals surface area contributed by atoms with E-state index in [0.29, 0.717) is 44.8 Å². The number of nitrogens with zero attached hydrogens (tertiary/aromatic N) is 2. The molecule has 2 aromatic carbocycles. The first-order valence-corrected chi connectivity index (χ1v) is 11.1. The van der Waals surface area contributed by atoms with Crippen LogP contribution in [0.5, 0.6) is 0 Å². The Labute approximate surface area is 215 Å². The second-order valence-electron chi connectivity index (χ2n) is 8.18. The Kier molecular flexibility index (Phi) is 12.2. The van der Waals surface area contributed by atoms with Crippen molar-refractivity contribution in [2.24, 2.45) is 0 Å². The van der Waals surface area contributed by atoms with E-state index in [1.807, 2.05) is 34.1 Å². The molecule has 0 aromatic heterocycles. The molecular weight excluding hydrogens is 467 g/mol. The van der Waals surface area contributed by atoms with Crippen molar-refractivity contribution in [2.45, 2.75) is 12.8 Å². The lowest BCUT2D eigenvalue weighted by atomic mass is 9.93. The van der Waals surface area contributed by atoms with Crippen LogP contribution in [-0.4, -0.2) is 60.6 Å². The molecule has 0 heterocycles. The lowest BCUT2D eigenvalue weighted by Gasteiger charge is -2.20. The van der Waals surface area contributed by atoms with E-state index in [0.717, 1.165) is 34.7 Å². The average molecular weight is 501 g/mol. The lowest BCUT2D eigenvalue weighted by molar-refractivity contribution is 0.0938. The van der Waals surface area contributed by atoms with Gasteiger partial charge in [0.05, 0.1) is 13.1 Å². The van der Waals surface area contributed by atoms with Crippen LogP contribution < -0.4 is 0 Å². The molecule has 0 fully saturated rings. The van der Waals surface area contributed by atoms with Gasteiger partial charge in [0.1, 0.15) is 0 Å². The van der Waals surface area contributed by atoms with Gasteiger partial charge in [-0.25, -0.2) is 0 Å². The summed E-state index contributed by atoms with van der Waals surface area (Å²) >= 11 is 0. The molecule has 4 nitrogen and oxygen atoms in total. The Morgan fingerprint density at radius 2 is 1.18 bits per heavy atom. The van der Waals surface area contributed by atoms with Gasteiger partial charge in [-0.2, -0.15) is 0 Å². The summed E-state index contributed by atoms with van der Waals surface area (Å²) in [5.74, 6) is 0.165. The molecule has 0 atom stereocenters. The van der Waals surface area contributed by atoms with E-state index in [1.54, 1.807) is 24.3 Å². The van der Waals surface area contributed by atoms with Gasteiger partial charge in [0.15, 0.2) is 11.6 Å². The summed E-state index contributed by atoms with van der Waals surface area (Å²) in [4.78, 5) is 30.3. The van der Waals surface area contributed by atoms with Gasteiger partial charge in [0.2, 0.25) is 0 Å². The topological polar surface area (TPSA) is 40.6 Å². The van der Waals surface area contributed by atoms with Crippen LogP contribution in [0, 0.1) is 0 Å². The Morgan fingerprint density at radius 1 is 0.706 bits per heavy atom. The Balaban J connectivity index is 0.00000289. The van der Waals surface area contributed by atoms with Crippen LogP contribution in [0.1, 0.15) is 31.8 Å². The van der Waals surface area contributed by atoms with E-state index < -0.39 is 0 Å². The predicted molar refractivity (Wildman–Crippen MR) is 148 cm³/mol. The van der Waals surface area contributed by atoms with Gasteiger partial charge in [-0.1, -0.05) is 48.6 Å². The van der Waals surface area contributed by atoms with Crippen molar-refractivity contribution in [3.8, 4) is 0 Å². The molecule has 0 aliphatic heterocycles. The zero-order chi connectivity index (χ0) is 23.1. The van der Waals surface area contributed by atoms with E-state index in [-0.39, 0.29) is 36.4 Å². The van der Waals surface area contributed by atoms with Crippen molar-refractivity contribution in [1.82, 2.24) is 9.80 Å². The highest BCUT2D eigenvalue weighted by Gasteiger charge is 2.25. The first kappa shape index (κ1) is 29.5. The number of rotatable bonds is 14. The van der Waals surface area contributed by atoms with Crippen molar-refractivity contribution in [1.29, 1.82) is 0 Å². The monoisotopic (exact) mass is 500 g/mol. The fourth-order valence-electron chi connectivity index (χ4n) is 4.54. The SMILES string of the molecule is C=CCN(CC=C)CC(=O)c1ccc2c(C(=O)CN(CC=C)CC=C)ccc3c2c1CC3.Cl.Cl. The maximum Gasteiger partial charge on any atom is 0.177 e. The highest BCUT2D eigenvalue weighted by atomic mass is 35.5. The van der Waals surface area contributed by atoms with E-state index in [4.69, 9.17) is 0 Å². The van der Waals surface area contributed by atoms with Crippen molar-refractivity contribution >= 4 is 47.2 Å². The second-order valence-corrected chi connectivity index (χ2v) is 8.18. The molecule has 0 saturated heterocycles. The normalized spacial score (nSPS) is 11.6. The summed E-state index contributed by atoms with van der Waals surface area (Å²) in [7, 11) is 0. The van der Waals surface area contributed by atoms with Crippen LogP contribution >= 0.6 is 24.8 Å². The Bertz CT molecular complexity index is 1060. The average Bonchev–Trinajstić information content (AvgIpc) is 3.20. The van der Waals surface area contributed by atoms with E-state index in [1.165, 1.54) is 5.56 Å². The van der Waals surface area contributed by atoms with E-state index >= 15 is 0 Å². The highest BCUT2D eigenvalue weighted by Crippen LogP contribution is 2.35. The molecule has 0 spiro atoms. The molecule has 1 aliphatic rings. The summed E-state index contributed by atoms with van der Waals surface area (Å²) in [6.07, 6.45) is 8.91. The predicted octanol–water partition coefficient (Wildman–Crippen LogP) is 5.50. The number of hydrogen-bond acceptors (Lipinski definition) is 4. The van der Waals surface area contributed by atoms with Gasteiger partial charge in [-0.3, -0.25) is 19.4 Å². The fraction of sp³-hybridized carbons (Fsp3) is 0.286. The number of hydrogen-bond donors (Lipinski definition) is 0. The summed E-state index contributed by atoms with van der Waals surface area (Å²) in [5.41, 5.74) is 3.76. The standard InChI is InChI=1S/C28H32N2O2.2ClH/c1-5-15-29(16-6-2)19-26(31)22-11-9-21-10-12-24-23(13-14-25(22)28(21)24)27(32)20-30(17-7-3)18-8-4;;/h5-9,11,13-14H,1-4,10,12,15-20H2;2*1H. The third kappa shape index (κ3) is 6.55. The van der Waals surface area contributed by atoms with Crippen LogP contribution in [0.15, 0.2) is 74.9 Å². The van der Waals surface area contributed by atoms with Crippen molar-refractivity contribution in [3.63, 3.8) is 0 Å². The van der Waals surface area contributed by atoms with Crippen LogP contribution in [-0.2, 0) is 12.8 Å². The first-order chi connectivity index (χ1) is 15.5. The maximum atomic E-state index is 13.2. The minimum absolute atomic E-state index is 0. The maximum absolute atomic E-state index is 13.2. The molecule has 1 aliphatic carbocycles. The molecule has 182 valence electrons. The Hall–Kier alpha value is -2.50. The minimum atomic E-state index is 0. The summed E-state index contributed by atoms with van der Waals surface area (Å²) in [6, 6.07) is 7.84. The van der Waals surface area contributed by atoms with Crippen LogP contribution in [0.4, 0.5) is 0 Å². The molecule has 6 heteroatoms. The van der Waals surface area contributed by atoms with Gasteiger partial charge in [-0.05, 0) is 34.7 Å². The third-order valence-corrected chi connectivity index (χ3v) is 5.90. The highest BCUT2D eigenvalue weighted by molar-refractivity contribution is 6.13. The second kappa shape index (κ2) is 14.0. The van der Waals surface area contributed by atoms with Crippen molar-refractivity contribution < 1.29 is 9.59 Å². The summed E-state index contributed by atoms with van der Waals surface area (Å²) in [6.45, 7) is 18.3. The van der Waals surface area contributed by atoms with Crippen molar-refractivity contribution in [3.05, 3.63) is 97.1 Å². The molecule has 3 rings (SSSR count). The van der Waals surface area contributed by atoms with Crippen LogP contribution in [0.25, 0.3) is 10.8 Å². The summed E-state index contributed by atoms with van der Waals surface area (Å²) < 4.78 is 0. The number of benzene rings is 2. The van der Waals surface area contributed by atoms with E-state index in [2.05, 4.69) is 26.3 Å². The largest absolute Gasteiger partial charge is 0.293 e. The number of carbonyl (C=O) groups excluding carboxylic acids is 2. The third-order valence-electron chi connectivity index (χ3n) is 5.90. The zero-order valence-electron chi connectivity index (χ0n) is 19.6. The van der Waals surface area contributed by atoms with Crippen LogP contribution in [0.2, 0.25) is 0 Å².